The summed E-state index contributed by atoms with van der Waals surface area (Å²) in [5, 5.41) is 8.34. The van der Waals surface area contributed by atoms with Crippen LogP contribution in [0.4, 0.5) is 0 Å². The molecule has 1 saturated carbocycles. The van der Waals surface area contributed by atoms with Crippen molar-refractivity contribution in [2.75, 3.05) is 0 Å². The summed E-state index contributed by atoms with van der Waals surface area (Å²) in [7, 11) is 1.88. The van der Waals surface area contributed by atoms with E-state index < -0.39 is 0 Å². The monoisotopic (exact) mass is 322 g/mol. The SMILES string of the molecule is Cn1cc([C@H]2C[C@H]2C(=O)OCc2ccc(-n3cccn3)cc2)cn1. The lowest BCUT2D eigenvalue weighted by atomic mass is 10.2. The van der Waals surface area contributed by atoms with Crippen LogP contribution in [0.1, 0.15) is 23.5 Å². The van der Waals surface area contributed by atoms with Crippen LogP contribution < -0.4 is 0 Å². The van der Waals surface area contributed by atoms with Gasteiger partial charge in [-0.3, -0.25) is 9.48 Å². The summed E-state index contributed by atoms with van der Waals surface area (Å²) in [5.74, 6) is 0.103. The molecule has 1 aliphatic rings. The number of carbonyl (C=O) groups is 1. The van der Waals surface area contributed by atoms with E-state index in [4.69, 9.17) is 4.74 Å². The Labute approximate surface area is 139 Å². The molecule has 24 heavy (non-hydrogen) atoms. The lowest BCUT2D eigenvalue weighted by molar-refractivity contribution is -0.146. The van der Waals surface area contributed by atoms with Gasteiger partial charge in [0.2, 0.25) is 0 Å². The standard InChI is InChI=1S/C18H18N4O2/c1-21-11-14(10-20-21)16-9-17(16)18(23)24-12-13-3-5-15(6-4-13)22-8-2-7-19-22/h2-8,10-11,16-17H,9,12H2,1H3/t16-,17-/m1/s1. The van der Waals surface area contributed by atoms with Gasteiger partial charge in [0.05, 0.1) is 17.8 Å². The molecule has 0 unspecified atom stereocenters. The molecule has 2 atom stereocenters. The van der Waals surface area contributed by atoms with Gasteiger partial charge in [0.1, 0.15) is 6.61 Å². The Balaban J connectivity index is 1.31. The molecule has 2 heterocycles. The molecule has 6 heteroatoms. The number of hydrogen-bond acceptors (Lipinski definition) is 4. The number of hydrogen-bond donors (Lipinski definition) is 0. The van der Waals surface area contributed by atoms with E-state index in [0.717, 1.165) is 23.2 Å². The molecule has 0 amide bonds. The first-order valence-corrected chi connectivity index (χ1v) is 7.95. The molecule has 0 N–H and O–H groups in total. The van der Waals surface area contributed by atoms with Crippen molar-refractivity contribution in [2.45, 2.75) is 18.9 Å². The number of carbonyl (C=O) groups excluding carboxylic acids is 1. The summed E-state index contributed by atoms with van der Waals surface area (Å²) < 4.78 is 9.00. The van der Waals surface area contributed by atoms with E-state index in [1.165, 1.54) is 0 Å². The van der Waals surface area contributed by atoms with Gasteiger partial charge in [0.25, 0.3) is 0 Å². The highest BCUT2D eigenvalue weighted by atomic mass is 16.5. The summed E-state index contributed by atoms with van der Waals surface area (Å²) in [6.45, 7) is 0.300. The molecule has 0 saturated heterocycles. The molecule has 0 radical (unpaired) electrons. The smallest absolute Gasteiger partial charge is 0.309 e. The summed E-state index contributed by atoms with van der Waals surface area (Å²) in [5.41, 5.74) is 3.06. The quantitative estimate of drug-likeness (QED) is 0.677. The van der Waals surface area contributed by atoms with Crippen molar-refractivity contribution in [3.8, 4) is 5.69 Å². The highest BCUT2D eigenvalue weighted by molar-refractivity contribution is 5.77. The Morgan fingerprint density at radius 3 is 2.79 bits per heavy atom. The van der Waals surface area contributed by atoms with Crippen LogP contribution in [0.15, 0.2) is 55.1 Å². The molecule has 2 aromatic heterocycles. The molecule has 1 aliphatic carbocycles. The van der Waals surface area contributed by atoms with E-state index in [1.54, 1.807) is 15.6 Å². The van der Waals surface area contributed by atoms with Gasteiger partial charge >= 0.3 is 5.97 Å². The predicted octanol–water partition coefficient (Wildman–Crippen LogP) is 2.45. The Morgan fingerprint density at radius 2 is 2.12 bits per heavy atom. The van der Waals surface area contributed by atoms with Crippen LogP contribution in [0.5, 0.6) is 0 Å². The van der Waals surface area contributed by atoms with Crippen molar-refractivity contribution >= 4 is 5.97 Å². The Bertz CT molecular complexity index is 836. The number of esters is 1. The van der Waals surface area contributed by atoms with Crippen molar-refractivity contribution in [3.63, 3.8) is 0 Å². The number of aryl methyl sites for hydroxylation is 1. The van der Waals surface area contributed by atoms with E-state index >= 15 is 0 Å². The van der Waals surface area contributed by atoms with E-state index in [-0.39, 0.29) is 17.8 Å². The minimum Gasteiger partial charge on any atom is -0.461 e. The largest absolute Gasteiger partial charge is 0.461 e. The third-order valence-corrected chi connectivity index (χ3v) is 4.33. The molecule has 1 fully saturated rings. The van der Waals surface area contributed by atoms with Gasteiger partial charge in [-0.05, 0) is 35.7 Å². The lowest BCUT2D eigenvalue weighted by Gasteiger charge is -2.06. The van der Waals surface area contributed by atoms with Crippen molar-refractivity contribution in [2.24, 2.45) is 13.0 Å². The van der Waals surface area contributed by atoms with Crippen LogP contribution in [-0.2, 0) is 23.2 Å². The van der Waals surface area contributed by atoms with Gasteiger partial charge in [0.15, 0.2) is 0 Å². The summed E-state index contributed by atoms with van der Waals surface area (Å²) >= 11 is 0. The molecular weight excluding hydrogens is 304 g/mol. The van der Waals surface area contributed by atoms with E-state index in [1.807, 2.05) is 56.0 Å². The van der Waals surface area contributed by atoms with Crippen molar-refractivity contribution in [1.82, 2.24) is 19.6 Å². The van der Waals surface area contributed by atoms with Gasteiger partial charge in [-0.1, -0.05) is 12.1 Å². The minimum atomic E-state index is -0.125. The summed E-state index contributed by atoms with van der Waals surface area (Å²) in [4.78, 5) is 12.2. The molecule has 1 aromatic carbocycles. The first-order chi connectivity index (χ1) is 11.7. The van der Waals surface area contributed by atoms with Gasteiger partial charge < -0.3 is 4.74 Å². The third kappa shape index (κ3) is 2.95. The molecule has 122 valence electrons. The van der Waals surface area contributed by atoms with Gasteiger partial charge in [-0.25, -0.2) is 4.68 Å². The normalized spacial score (nSPS) is 19.2. The van der Waals surface area contributed by atoms with Crippen LogP contribution in [0.3, 0.4) is 0 Å². The average Bonchev–Trinajstić information content (AvgIpc) is 3.00. The number of aromatic nitrogens is 4. The second kappa shape index (κ2) is 5.96. The molecule has 6 nitrogen and oxygen atoms in total. The molecule has 4 rings (SSSR count). The number of ether oxygens (including phenoxy) is 1. The molecular formula is C18H18N4O2. The van der Waals surface area contributed by atoms with E-state index in [9.17, 15) is 4.79 Å². The Hall–Kier alpha value is -2.89. The van der Waals surface area contributed by atoms with Gasteiger partial charge in [-0.15, -0.1) is 0 Å². The Kier molecular flexibility index (Phi) is 3.65. The fraction of sp³-hybridized carbons (Fsp3) is 0.278. The number of benzene rings is 1. The van der Waals surface area contributed by atoms with Crippen LogP contribution in [0.25, 0.3) is 5.69 Å². The predicted molar refractivity (Wildman–Crippen MR) is 87.4 cm³/mol. The van der Waals surface area contributed by atoms with Crippen molar-refractivity contribution < 1.29 is 9.53 Å². The van der Waals surface area contributed by atoms with Crippen molar-refractivity contribution in [3.05, 3.63) is 66.2 Å². The molecule has 0 bridgehead atoms. The first kappa shape index (κ1) is 14.7. The second-order valence-electron chi connectivity index (χ2n) is 6.12. The highest BCUT2D eigenvalue weighted by Crippen LogP contribution is 2.48. The van der Waals surface area contributed by atoms with E-state index in [0.29, 0.717) is 6.61 Å². The fourth-order valence-corrected chi connectivity index (χ4v) is 2.88. The lowest BCUT2D eigenvalue weighted by Crippen LogP contribution is -2.08. The van der Waals surface area contributed by atoms with Crippen LogP contribution in [0.2, 0.25) is 0 Å². The fourth-order valence-electron chi connectivity index (χ4n) is 2.88. The van der Waals surface area contributed by atoms with E-state index in [2.05, 4.69) is 10.2 Å². The second-order valence-corrected chi connectivity index (χ2v) is 6.12. The van der Waals surface area contributed by atoms with Crippen LogP contribution >= 0.6 is 0 Å². The highest BCUT2D eigenvalue weighted by Gasteiger charge is 2.45. The van der Waals surface area contributed by atoms with Gasteiger partial charge in [0, 0.05) is 31.6 Å². The van der Waals surface area contributed by atoms with Crippen LogP contribution in [-0.4, -0.2) is 25.5 Å². The number of rotatable bonds is 5. The number of nitrogens with zero attached hydrogens (tertiary/aromatic N) is 4. The topological polar surface area (TPSA) is 61.9 Å². The maximum atomic E-state index is 12.2. The molecule has 0 spiro atoms. The average molecular weight is 322 g/mol. The first-order valence-electron chi connectivity index (χ1n) is 7.95. The zero-order valence-corrected chi connectivity index (χ0v) is 13.4. The summed E-state index contributed by atoms with van der Waals surface area (Å²) in [6, 6.07) is 9.72. The zero-order valence-electron chi connectivity index (χ0n) is 13.4. The molecule has 3 aromatic rings. The maximum Gasteiger partial charge on any atom is 0.309 e. The summed E-state index contributed by atoms with van der Waals surface area (Å²) in [6.07, 6.45) is 8.27. The minimum absolute atomic E-state index is 0.0300. The van der Waals surface area contributed by atoms with Gasteiger partial charge in [-0.2, -0.15) is 10.2 Å². The Morgan fingerprint density at radius 1 is 1.29 bits per heavy atom. The molecule has 0 aliphatic heterocycles. The van der Waals surface area contributed by atoms with Crippen molar-refractivity contribution in [1.29, 1.82) is 0 Å². The third-order valence-electron chi connectivity index (χ3n) is 4.33. The zero-order chi connectivity index (χ0) is 16.5. The maximum absolute atomic E-state index is 12.2. The van der Waals surface area contributed by atoms with Crippen LogP contribution in [0, 0.1) is 5.92 Å².